The van der Waals surface area contributed by atoms with Crippen LogP contribution in [-0.4, -0.2) is 4.98 Å². The van der Waals surface area contributed by atoms with Crippen LogP contribution in [0, 0.1) is 5.82 Å². The Morgan fingerprint density at radius 3 is 2.94 bits per heavy atom. The molecule has 0 unspecified atom stereocenters. The lowest BCUT2D eigenvalue weighted by Gasteiger charge is -2.04. The van der Waals surface area contributed by atoms with Gasteiger partial charge in [0.05, 0.1) is 10.4 Å². The molecule has 1 N–H and O–H groups in total. The summed E-state index contributed by atoms with van der Waals surface area (Å²) in [5.74, 6) is -0.273. The van der Waals surface area contributed by atoms with E-state index in [1.807, 2.05) is 11.4 Å². The molecule has 5 heteroatoms. The molecule has 0 aliphatic carbocycles. The van der Waals surface area contributed by atoms with E-state index in [9.17, 15) is 4.39 Å². The maximum atomic E-state index is 13.1. The van der Waals surface area contributed by atoms with E-state index in [-0.39, 0.29) is 5.82 Å². The largest absolute Gasteiger partial charge is 0.353 e. The van der Waals surface area contributed by atoms with Gasteiger partial charge in [-0.1, -0.05) is 17.7 Å². The summed E-state index contributed by atoms with van der Waals surface area (Å²) in [6, 6.07) is 9.99. The topological polar surface area (TPSA) is 24.9 Å². The van der Waals surface area contributed by atoms with Crippen molar-refractivity contribution >= 4 is 44.5 Å². The van der Waals surface area contributed by atoms with Gasteiger partial charge in [0.2, 0.25) is 0 Å². The predicted octanol–water partition coefficient (Wildman–Crippen LogP) is 4.83. The zero-order chi connectivity index (χ0) is 12.5. The van der Waals surface area contributed by atoms with Gasteiger partial charge in [-0.3, -0.25) is 0 Å². The molecule has 2 aromatic heterocycles. The molecule has 0 spiro atoms. The summed E-state index contributed by atoms with van der Waals surface area (Å²) in [5, 5.41) is 5.53. The lowest BCUT2D eigenvalue weighted by Crippen LogP contribution is -1.90. The number of rotatable bonds is 2. The SMILES string of the molecule is Fc1cccc(Nc2csc3ccc(Cl)nc23)c1. The Bertz CT molecular complexity index is 711. The van der Waals surface area contributed by atoms with E-state index in [4.69, 9.17) is 11.6 Å². The number of benzene rings is 1. The number of thiophene rings is 1. The Labute approximate surface area is 112 Å². The Balaban J connectivity index is 2.02. The second-order valence-corrected chi connectivity index (χ2v) is 5.06. The van der Waals surface area contributed by atoms with Gasteiger partial charge in [-0.2, -0.15) is 0 Å². The fourth-order valence-corrected chi connectivity index (χ4v) is 2.68. The lowest BCUT2D eigenvalue weighted by atomic mass is 10.3. The summed E-state index contributed by atoms with van der Waals surface area (Å²) in [4.78, 5) is 4.27. The third-order valence-electron chi connectivity index (χ3n) is 2.49. The summed E-state index contributed by atoms with van der Waals surface area (Å²) in [5.41, 5.74) is 2.33. The summed E-state index contributed by atoms with van der Waals surface area (Å²) in [7, 11) is 0. The molecule has 3 aromatic rings. The molecule has 0 amide bonds. The second kappa shape index (κ2) is 4.55. The molecule has 90 valence electrons. The van der Waals surface area contributed by atoms with Crippen molar-refractivity contribution in [2.75, 3.05) is 5.32 Å². The van der Waals surface area contributed by atoms with E-state index in [2.05, 4.69) is 10.3 Å². The van der Waals surface area contributed by atoms with Crippen molar-refractivity contribution in [1.29, 1.82) is 0 Å². The Kier molecular flexibility index (Phi) is 2.89. The maximum absolute atomic E-state index is 13.1. The molecule has 3 rings (SSSR count). The molecule has 0 aliphatic heterocycles. The van der Waals surface area contributed by atoms with E-state index in [0.717, 1.165) is 15.9 Å². The average Bonchev–Trinajstić information content (AvgIpc) is 2.72. The minimum atomic E-state index is -0.273. The maximum Gasteiger partial charge on any atom is 0.129 e. The first-order chi connectivity index (χ1) is 8.72. The van der Waals surface area contributed by atoms with Gasteiger partial charge in [-0.25, -0.2) is 9.37 Å². The Morgan fingerprint density at radius 1 is 1.22 bits per heavy atom. The van der Waals surface area contributed by atoms with Gasteiger partial charge in [-0.05, 0) is 30.3 Å². The predicted molar refractivity (Wildman–Crippen MR) is 74.3 cm³/mol. The fourth-order valence-electron chi connectivity index (χ4n) is 1.70. The number of nitrogens with one attached hydrogen (secondary N) is 1. The normalized spacial score (nSPS) is 10.8. The van der Waals surface area contributed by atoms with Crippen molar-refractivity contribution in [3.05, 3.63) is 52.7 Å². The number of nitrogens with zero attached hydrogens (tertiary/aromatic N) is 1. The third-order valence-corrected chi connectivity index (χ3v) is 3.63. The monoisotopic (exact) mass is 278 g/mol. The molecule has 0 aliphatic rings. The van der Waals surface area contributed by atoms with E-state index in [1.165, 1.54) is 12.1 Å². The molecule has 2 heterocycles. The van der Waals surface area contributed by atoms with Gasteiger partial charge in [-0.15, -0.1) is 11.3 Å². The van der Waals surface area contributed by atoms with Crippen LogP contribution in [0.5, 0.6) is 0 Å². The van der Waals surface area contributed by atoms with Gasteiger partial charge in [0.25, 0.3) is 0 Å². The molecule has 18 heavy (non-hydrogen) atoms. The van der Waals surface area contributed by atoms with Crippen LogP contribution in [0.2, 0.25) is 5.15 Å². The van der Waals surface area contributed by atoms with Crippen molar-refractivity contribution in [2.45, 2.75) is 0 Å². The number of hydrogen-bond acceptors (Lipinski definition) is 3. The summed E-state index contributed by atoms with van der Waals surface area (Å²) >= 11 is 7.45. The highest BCUT2D eigenvalue weighted by molar-refractivity contribution is 7.17. The van der Waals surface area contributed by atoms with Crippen LogP contribution in [0.25, 0.3) is 10.2 Å². The number of pyridine rings is 1. The van der Waals surface area contributed by atoms with Crippen molar-refractivity contribution in [1.82, 2.24) is 4.98 Å². The van der Waals surface area contributed by atoms with Crippen molar-refractivity contribution in [3.63, 3.8) is 0 Å². The number of fused-ring (bicyclic) bond motifs is 1. The summed E-state index contributed by atoms with van der Waals surface area (Å²) in [6.45, 7) is 0. The number of halogens is 2. The molecule has 0 radical (unpaired) electrons. The summed E-state index contributed by atoms with van der Waals surface area (Å²) in [6.07, 6.45) is 0. The van der Waals surface area contributed by atoms with E-state index >= 15 is 0 Å². The van der Waals surface area contributed by atoms with Gasteiger partial charge in [0, 0.05) is 11.1 Å². The molecule has 0 atom stereocenters. The van der Waals surface area contributed by atoms with Crippen molar-refractivity contribution in [2.24, 2.45) is 0 Å². The highest BCUT2D eigenvalue weighted by Crippen LogP contribution is 2.31. The van der Waals surface area contributed by atoms with Gasteiger partial charge in [0.1, 0.15) is 16.5 Å². The highest BCUT2D eigenvalue weighted by atomic mass is 35.5. The van der Waals surface area contributed by atoms with Crippen molar-refractivity contribution < 1.29 is 4.39 Å². The minimum absolute atomic E-state index is 0.273. The molecule has 2 nitrogen and oxygen atoms in total. The molecule has 0 bridgehead atoms. The molecule has 0 saturated carbocycles. The minimum Gasteiger partial charge on any atom is -0.353 e. The Hall–Kier alpha value is -1.65. The van der Waals surface area contributed by atoms with Crippen LogP contribution >= 0.6 is 22.9 Å². The lowest BCUT2D eigenvalue weighted by molar-refractivity contribution is 0.628. The zero-order valence-corrected chi connectivity index (χ0v) is 10.7. The smallest absolute Gasteiger partial charge is 0.129 e. The molecule has 1 aromatic carbocycles. The molecular weight excluding hydrogens is 271 g/mol. The van der Waals surface area contributed by atoms with Crippen LogP contribution in [-0.2, 0) is 0 Å². The second-order valence-electron chi connectivity index (χ2n) is 3.77. The van der Waals surface area contributed by atoms with Gasteiger partial charge in [0.15, 0.2) is 0 Å². The van der Waals surface area contributed by atoms with Crippen LogP contribution in [0.3, 0.4) is 0 Å². The van der Waals surface area contributed by atoms with Crippen LogP contribution in [0.1, 0.15) is 0 Å². The van der Waals surface area contributed by atoms with Crippen LogP contribution in [0.15, 0.2) is 41.8 Å². The number of anilines is 2. The van der Waals surface area contributed by atoms with Crippen molar-refractivity contribution in [3.8, 4) is 0 Å². The third kappa shape index (κ3) is 2.17. The van der Waals surface area contributed by atoms with E-state index < -0.39 is 0 Å². The first kappa shape index (κ1) is 11.4. The van der Waals surface area contributed by atoms with Crippen LogP contribution in [0.4, 0.5) is 15.8 Å². The highest BCUT2D eigenvalue weighted by Gasteiger charge is 2.06. The molecular formula is C13H8ClFN2S. The van der Waals surface area contributed by atoms with Gasteiger partial charge < -0.3 is 5.32 Å². The number of aromatic nitrogens is 1. The average molecular weight is 279 g/mol. The van der Waals surface area contributed by atoms with E-state index in [1.54, 1.807) is 29.5 Å². The van der Waals surface area contributed by atoms with Crippen LogP contribution < -0.4 is 5.32 Å². The standard InChI is InChI=1S/C13H8ClFN2S/c14-12-5-4-11-13(17-12)10(7-18-11)16-9-3-1-2-8(15)6-9/h1-7,16H. The van der Waals surface area contributed by atoms with Gasteiger partial charge >= 0.3 is 0 Å². The Morgan fingerprint density at radius 2 is 2.11 bits per heavy atom. The quantitative estimate of drug-likeness (QED) is 0.679. The molecule has 0 saturated heterocycles. The van der Waals surface area contributed by atoms with E-state index in [0.29, 0.717) is 10.8 Å². The number of hydrogen-bond donors (Lipinski definition) is 1. The first-order valence-electron chi connectivity index (χ1n) is 5.29. The summed E-state index contributed by atoms with van der Waals surface area (Å²) < 4.78 is 14.1. The fraction of sp³-hybridized carbons (Fsp3) is 0. The zero-order valence-electron chi connectivity index (χ0n) is 9.15. The first-order valence-corrected chi connectivity index (χ1v) is 6.54. The molecule has 0 fully saturated rings.